The zero-order valence-electron chi connectivity index (χ0n) is 19.0. The van der Waals surface area contributed by atoms with Gasteiger partial charge in [0, 0.05) is 11.6 Å². The molecular formula is C26H22O8. The maximum atomic E-state index is 12.9. The number of allylic oxidation sites excluding steroid dienone is 1. The number of esters is 1. The highest BCUT2D eigenvalue weighted by Crippen LogP contribution is 2.39. The molecule has 1 aliphatic heterocycles. The second-order valence-corrected chi connectivity index (χ2v) is 7.14. The minimum absolute atomic E-state index is 0.111. The van der Waals surface area contributed by atoms with Crippen LogP contribution in [0, 0.1) is 0 Å². The zero-order valence-corrected chi connectivity index (χ0v) is 19.0. The molecule has 174 valence electrons. The number of carbonyl (C=O) groups excluding carboxylic acids is 2. The van der Waals surface area contributed by atoms with Crippen molar-refractivity contribution in [2.45, 2.75) is 0 Å². The molecule has 8 nitrogen and oxygen atoms in total. The smallest absolute Gasteiger partial charge is 0.343 e. The molecule has 0 saturated carbocycles. The van der Waals surface area contributed by atoms with Crippen LogP contribution in [0.3, 0.4) is 0 Å². The minimum atomic E-state index is -0.642. The summed E-state index contributed by atoms with van der Waals surface area (Å²) < 4.78 is 32.5. The number of ether oxygens (including phenoxy) is 6. The van der Waals surface area contributed by atoms with Crippen molar-refractivity contribution in [2.24, 2.45) is 0 Å². The summed E-state index contributed by atoms with van der Waals surface area (Å²) in [6, 6.07) is 14.8. The van der Waals surface area contributed by atoms with Gasteiger partial charge < -0.3 is 28.4 Å². The first-order valence-electron chi connectivity index (χ1n) is 10.2. The molecular weight excluding hydrogens is 440 g/mol. The van der Waals surface area contributed by atoms with Crippen molar-refractivity contribution in [1.82, 2.24) is 0 Å². The molecule has 0 fully saturated rings. The predicted octanol–water partition coefficient (Wildman–Crippen LogP) is 4.56. The normalized spacial score (nSPS) is 13.2. The monoisotopic (exact) mass is 462 g/mol. The van der Waals surface area contributed by atoms with Crippen molar-refractivity contribution in [3.63, 3.8) is 0 Å². The molecule has 1 aliphatic rings. The van der Waals surface area contributed by atoms with Crippen LogP contribution in [-0.4, -0.2) is 40.2 Å². The second kappa shape index (κ2) is 9.58. The largest absolute Gasteiger partial charge is 0.497 e. The van der Waals surface area contributed by atoms with Gasteiger partial charge in [-0.2, -0.15) is 0 Å². The van der Waals surface area contributed by atoms with Crippen molar-refractivity contribution in [1.29, 1.82) is 0 Å². The van der Waals surface area contributed by atoms with Gasteiger partial charge in [-0.05, 0) is 36.4 Å². The van der Waals surface area contributed by atoms with Gasteiger partial charge in [-0.15, -0.1) is 0 Å². The van der Waals surface area contributed by atoms with E-state index in [2.05, 4.69) is 0 Å². The third kappa shape index (κ3) is 4.25. The van der Waals surface area contributed by atoms with Crippen LogP contribution in [0.15, 0.2) is 60.4 Å². The Labute approximate surface area is 196 Å². The van der Waals surface area contributed by atoms with E-state index in [4.69, 9.17) is 28.4 Å². The van der Waals surface area contributed by atoms with Crippen LogP contribution in [0.2, 0.25) is 0 Å². The highest BCUT2D eigenvalue weighted by Gasteiger charge is 2.28. The summed E-state index contributed by atoms with van der Waals surface area (Å²) in [6.07, 6.45) is 1.53. The highest BCUT2D eigenvalue weighted by molar-refractivity contribution is 6.14. The van der Waals surface area contributed by atoms with Crippen LogP contribution < -0.4 is 28.4 Å². The molecule has 34 heavy (non-hydrogen) atoms. The number of carbonyl (C=O) groups is 2. The van der Waals surface area contributed by atoms with Gasteiger partial charge >= 0.3 is 5.97 Å². The molecule has 0 unspecified atom stereocenters. The lowest BCUT2D eigenvalue weighted by molar-refractivity contribution is 0.0733. The Morgan fingerprint density at radius 2 is 1.53 bits per heavy atom. The fourth-order valence-corrected chi connectivity index (χ4v) is 3.49. The second-order valence-electron chi connectivity index (χ2n) is 7.14. The maximum absolute atomic E-state index is 12.9. The van der Waals surface area contributed by atoms with Crippen molar-refractivity contribution in [3.05, 3.63) is 77.0 Å². The summed E-state index contributed by atoms with van der Waals surface area (Å²) in [5.41, 5.74) is 1.12. The van der Waals surface area contributed by atoms with Gasteiger partial charge in [0.2, 0.25) is 11.5 Å². The highest BCUT2D eigenvalue weighted by atomic mass is 16.5. The van der Waals surface area contributed by atoms with Crippen LogP contribution in [0.4, 0.5) is 0 Å². The number of hydrogen-bond acceptors (Lipinski definition) is 8. The SMILES string of the molecule is COc1ccc2c(c1)O/C(=C\c1ccccc1OC(=O)c1cc(OC)c(OC)c(OC)c1)C2=O. The molecule has 0 saturated heterocycles. The standard InChI is InChI=1S/C26H22O8/c1-29-17-9-10-18-20(14-17)33-21(24(18)27)11-15-7-5-6-8-19(15)34-26(28)16-12-22(30-2)25(32-4)23(13-16)31-3/h5-14H,1-4H3/b21-11-. The zero-order chi connectivity index (χ0) is 24.2. The van der Waals surface area contributed by atoms with E-state index >= 15 is 0 Å². The van der Waals surface area contributed by atoms with E-state index < -0.39 is 5.97 Å². The Hall–Kier alpha value is -4.46. The van der Waals surface area contributed by atoms with E-state index in [0.29, 0.717) is 39.9 Å². The summed E-state index contributed by atoms with van der Waals surface area (Å²) in [7, 11) is 5.93. The molecule has 1 heterocycles. The summed E-state index contributed by atoms with van der Waals surface area (Å²) in [5.74, 6) is 1.43. The molecule has 0 bridgehead atoms. The first-order valence-corrected chi connectivity index (χ1v) is 10.2. The third-order valence-corrected chi connectivity index (χ3v) is 5.19. The Morgan fingerprint density at radius 1 is 0.824 bits per heavy atom. The molecule has 0 aliphatic carbocycles. The number of para-hydroxylation sites is 1. The van der Waals surface area contributed by atoms with E-state index in [1.165, 1.54) is 46.6 Å². The van der Waals surface area contributed by atoms with Crippen LogP contribution in [0.5, 0.6) is 34.5 Å². The number of hydrogen-bond donors (Lipinski definition) is 0. The number of benzene rings is 3. The van der Waals surface area contributed by atoms with Crippen molar-refractivity contribution in [2.75, 3.05) is 28.4 Å². The maximum Gasteiger partial charge on any atom is 0.343 e. The lowest BCUT2D eigenvalue weighted by Crippen LogP contribution is -2.10. The molecule has 3 aromatic rings. The molecule has 0 spiro atoms. The Balaban J connectivity index is 1.63. The average Bonchev–Trinajstić information content (AvgIpc) is 3.18. The van der Waals surface area contributed by atoms with Crippen molar-refractivity contribution < 1.29 is 38.0 Å². The van der Waals surface area contributed by atoms with Crippen LogP contribution in [0.25, 0.3) is 6.08 Å². The topological polar surface area (TPSA) is 89.5 Å². The summed E-state index contributed by atoms with van der Waals surface area (Å²) in [4.78, 5) is 25.7. The Bertz CT molecular complexity index is 1270. The lowest BCUT2D eigenvalue weighted by atomic mass is 10.1. The Kier molecular flexibility index (Phi) is 6.40. The fraction of sp³-hybridized carbons (Fsp3) is 0.154. The molecule has 8 heteroatoms. The minimum Gasteiger partial charge on any atom is -0.497 e. The van der Waals surface area contributed by atoms with Crippen molar-refractivity contribution in [3.8, 4) is 34.5 Å². The molecule has 3 aromatic carbocycles. The molecule has 0 aromatic heterocycles. The van der Waals surface area contributed by atoms with Gasteiger partial charge in [0.1, 0.15) is 17.2 Å². The fourth-order valence-electron chi connectivity index (χ4n) is 3.49. The number of Topliss-reactive ketones (excluding diaryl/α,β-unsaturated/α-hetero) is 1. The number of ketones is 1. The molecule has 0 N–H and O–H groups in total. The molecule has 4 rings (SSSR count). The van der Waals surface area contributed by atoms with Gasteiger partial charge in [0.15, 0.2) is 17.3 Å². The van der Waals surface area contributed by atoms with E-state index in [1.54, 1.807) is 42.5 Å². The van der Waals surface area contributed by atoms with E-state index in [9.17, 15) is 9.59 Å². The third-order valence-electron chi connectivity index (χ3n) is 5.19. The van der Waals surface area contributed by atoms with Crippen LogP contribution in [-0.2, 0) is 0 Å². The molecule has 0 radical (unpaired) electrons. The first-order chi connectivity index (χ1) is 16.5. The van der Waals surface area contributed by atoms with Gasteiger partial charge in [-0.25, -0.2) is 4.79 Å². The quantitative estimate of drug-likeness (QED) is 0.287. The van der Waals surface area contributed by atoms with E-state index in [-0.39, 0.29) is 22.9 Å². The summed E-state index contributed by atoms with van der Waals surface area (Å²) in [5, 5.41) is 0. The number of fused-ring (bicyclic) bond motifs is 1. The Morgan fingerprint density at radius 3 is 2.18 bits per heavy atom. The molecule has 0 atom stereocenters. The van der Waals surface area contributed by atoms with Gasteiger partial charge in [-0.3, -0.25) is 4.79 Å². The van der Waals surface area contributed by atoms with Gasteiger partial charge in [0.05, 0.1) is 39.6 Å². The van der Waals surface area contributed by atoms with Crippen LogP contribution in [0.1, 0.15) is 26.3 Å². The number of rotatable bonds is 7. The van der Waals surface area contributed by atoms with Crippen LogP contribution >= 0.6 is 0 Å². The number of methoxy groups -OCH3 is 4. The first kappa shape index (κ1) is 22.7. The predicted molar refractivity (Wildman–Crippen MR) is 123 cm³/mol. The van der Waals surface area contributed by atoms with Gasteiger partial charge in [-0.1, -0.05) is 18.2 Å². The average molecular weight is 462 g/mol. The summed E-state index contributed by atoms with van der Waals surface area (Å²) in [6.45, 7) is 0. The van der Waals surface area contributed by atoms with Gasteiger partial charge in [0.25, 0.3) is 0 Å². The lowest BCUT2D eigenvalue weighted by Gasteiger charge is -2.14. The molecule has 0 amide bonds. The summed E-state index contributed by atoms with van der Waals surface area (Å²) >= 11 is 0. The van der Waals surface area contributed by atoms with E-state index in [1.807, 2.05) is 0 Å². The van der Waals surface area contributed by atoms with Crippen molar-refractivity contribution >= 4 is 17.8 Å². The van der Waals surface area contributed by atoms with E-state index in [0.717, 1.165) is 0 Å².